The van der Waals surface area contributed by atoms with Gasteiger partial charge in [0.05, 0.1) is 6.10 Å². The molecule has 0 aliphatic carbocycles. The first-order valence-corrected chi connectivity index (χ1v) is 9.03. The number of benzene rings is 1. The number of carbonyl (C=O) groups excluding carboxylic acids is 2. The summed E-state index contributed by atoms with van der Waals surface area (Å²) in [7, 11) is 0. The van der Waals surface area contributed by atoms with Crippen LogP contribution in [0.25, 0.3) is 0 Å². The standard InChI is InChI=1S/C20H30N2O6/c1-19(2,3)27-17(25)21-16(22-18(26)28-20(4,5)6)12-11-15(24)13-7-9-14(23)10-8-13/h7-10,15,23-24H,11-12H2,1-6H3,(H,21,22,25,26). The van der Waals surface area contributed by atoms with Crippen molar-refractivity contribution in [3.8, 4) is 5.75 Å². The largest absolute Gasteiger partial charge is 0.508 e. The number of aromatic hydroxyl groups is 1. The molecule has 1 aromatic rings. The van der Waals surface area contributed by atoms with Crippen molar-refractivity contribution in [3.63, 3.8) is 0 Å². The molecule has 0 bridgehead atoms. The van der Waals surface area contributed by atoms with Crippen LogP contribution < -0.4 is 5.32 Å². The van der Waals surface area contributed by atoms with Gasteiger partial charge < -0.3 is 19.7 Å². The molecule has 1 aromatic carbocycles. The number of aliphatic imine (C=N–C) groups is 1. The Morgan fingerprint density at radius 1 is 1.04 bits per heavy atom. The molecule has 1 atom stereocenters. The molecule has 0 spiro atoms. The van der Waals surface area contributed by atoms with Crippen molar-refractivity contribution >= 4 is 18.0 Å². The highest BCUT2D eigenvalue weighted by atomic mass is 16.6. The van der Waals surface area contributed by atoms with Crippen molar-refractivity contribution in [2.24, 2.45) is 4.99 Å². The van der Waals surface area contributed by atoms with Crippen molar-refractivity contribution in [2.45, 2.75) is 71.7 Å². The highest BCUT2D eigenvalue weighted by Gasteiger charge is 2.21. The van der Waals surface area contributed by atoms with Gasteiger partial charge in [0.25, 0.3) is 0 Å². The van der Waals surface area contributed by atoms with E-state index in [0.717, 1.165) is 0 Å². The number of alkyl carbamates (subject to hydrolysis) is 1. The molecular weight excluding hydrogens is 364 g/mol. The zero-order chi connectivity index (χ0) is 21.5. The fourth-order valence-electron chi connectivity index (χ4n) is 2.10. The Bertz CT molecular complexity index is 699. The predicted octanol–water partition coefficient (Wildman–Crippen LogP) is 4.06. The summed E-state index contributed by atoms with van der Waals surface area (Å²) in [6.45, 7) is 10.3. The maximum atomic E-state index is 12.0. The fraction of sp³-hybridized carbons (Fsp3) is 0.550. The number of carbonyl (C=O) groups is 2. The average Bonchev–Trinajstić information content (AvgIpc) is 2.49. The zero-order valence-electron chi connectivity index (χ0n) is 17.3. The Kier molecular flexibility index (Phi) is 7.99. The van der Waals surface area contributed by atoms with Gasteiger partial charge in [0.15, 0.2) is 0 Å². The molecule has 2 amide bonds. The summed E-state index contributed by atoms with van der Waals surface area (Å²) in [6.07, 6.45) is -2.19. The molecule has 3 N–H and O–H groups in total. The Labute approximate surface area is 165 Å². The lowest BCUT2D eigenvalue weighted by molar-refractivity contribution is 0.0560. The molecule has 8 nitrogen and oxygen atoms in total. The van der Waals surface area contributed by atoms with Gasteiger partial charge in [0.2, 0.25) is 0 Å². The fourth-order valence-corrected chi connectivity index (χ4v) is 2.10. The van der Waals surface area contributed by atoms with Crippen molar-refractivity contribution in [2.75, 3.05) is 0 Å². The molecule has 0 aromatic heterocycles. The zero-order valence-corrected chi connectivity index (χ0v) is 17.3. The van der Waals surface area contributed by atoms with Crippen LogP contribution in [-0.4, -0.2) is 39.4 Å². The number of rotatable bonds is 4. The van der Waals surface area contributed by atoms with E-state index in [-0.39, 0.29) is 24.4 Å². The van der Waals surface area contributed by atoms with E-state index in [1.54, 1.807) is 53.7 Å². The van der Waals surface area contributed by atoms with Crippen LogP contribution in [0.2, 0.25) is 0 Å². The van der Waals surface area contributed by atoms with Gasteiger partial charge in [-0.2, -0.15) is 4.99 Å². The normalized spacial score (nSPS) is 13.6. The Hall–Kier alpha value is -2.61. The summed E-state index contributed by atoms with van der Waals surface area (Å²) in [6, 6.07) is 6.11. The van der Waals surface area contributed by atoms with Crippen LogP contribution in [0.3, 0.4) is 0 Å². The molecule has 8 heteroatoms. The Morgan fingerprint density at radius 2 is 1.57 bits per heavy atom. The van der Waals surface area contributed by atoms with E-state index in [1.807, 2.05) is 0 Å². The minimum absolute atomic E-state index is 0.0290. The molecule has 0 saturated heterocycles. The maximum absolute atomic E-state index is 12.0. The van der Waals surface area contributed by atoms with E-state index in [2.05, 4.69) is 10.3 Å². The van der Waals surface area contributed by atoms with E-state index in [9.17, 15) is 19.8 Å². The summed E-state index contributed by atoms with van der Waals surface area (Å²) < 4.78 is 10.3. The monoisotopic (exact) mass is 394 g/mol. The number of amides is 2. The van der Waals surface area contributed by atoms with Gasteiger partial charge in [-0.3, -0.25) is 5.32 Å². The highest BCUT2D eigenvalue weighted by Crippen LogP contribution is 2.21. The van der Waals surface area contributed by atoms with Crippen LogP contribution in [0.5, 0.6) is 5.75 Å². The molecule has 156 valence electrons. The van der Waals surface area contributed by atoms with E-state index in [0.29, 0.717) is 5.56 Å². The minimum atomic E-state index is -0.870. The summed E-state index contributed by atoms with van der Waals surface area (Å²) in [5.41, 5.74) is -0.859. The van der Waals surface area contributed by atoms with E-state index < -0.39 is 29.5 Å². The number of phenolic OH excluding ortho intramolecular Hbond substituents is 1. The topological polar surface area (TPSA) is 117 Å². The lowest BCUT2D eigenvalue weighted by Gasteiger charge is -2.21. The summed E-state index contributed by atoms with van der Waals surface area (Å²) in [5.74, 6) is 0.121. The number of hydrogen-bond acceptors (Lipinski definition) is 6. The highest BCUT2D eigenvalue weighted by molar-refractivity contribution is 6.00. The van der Waals surface area contributed by atoms with Crippen molar-refractivity contribution < 1.29 is 29.3 Å². The SMILES string of the molecule is CC(C)(C)OC(=O)N=C(CCC(O)c1ccc(O)cc1)NC(=O)OC(C)(C)C. The van der Waals surface area contributed by atoms with Gasteiger partial charge in [-0.15, -0.1) is 0 Å². The molecule has 0 fully saturated rings. The van der Waals surface area contributed by atoms with Gasteiger partial charge in [-0.1, -0.05) is 12.1 Å². The second-order valence-electron chi connectivity index (χ2n) is 8.31. The van der Waals surface area contributed by atoms with E-state index in [1.165, 1.54) is 12.1 Å². The van der Waals surface area contributed by atoms with Crippen LogP contribution in [0.4, 0.5) is 9.59 Å². The van der Waals surface area contributed by atoms with Gasteiger partial charge in [-0.25, -0.2) is 9.59 Å². The van der Waals surface area contributed by atoms with Gasteiger partial charge in [0, 0.05) is 6.42 Å². The maximum Gasteiger partial charge on any atom is 0.435 e. The molecule has 0 saturated carbocycles. The molecule has 1 unspecified atom stereocenters. The number of ether oxygens (including phenoxy) is 2. The molecule has 0 aliphatic heterocycles. The molecule has 0 radical (unpaired) electrons. The van der Waals surface area contributed by atoms with Crippen molar-refractivity contribution in [1.29, 1.82) is 0 Å². The first-order chi connectivity index (χ1) is 12.7. The first kappa shape index (κ1) is 23.4. The number of nitrogens with zero attached hydrogens (tertiary/aromatic N) is 1. The van der Waals surface area contributed by atoms with E-state index >= 15 is 0 Å². The molecule has 0 heterocycles. The third kappa shape index (κ3) is 9.91. The number of phenols is 1. The number of aliphatic hydroxyl groups is 1. The van der Waals surface area contributed by atoms with Crippen LogP contribution in [0.15, 0.2) is 29.3 Å². The predicted molar refractivity (Wildman–Crippen MR) is 105 cm³/mol. The summed E-state index contributed by atoms with van der Waals surface area (Å²) in [4.78, 5) is 27.8. The van der Waals surface area contributed by atoms with E-state index in [4.69, 9.17) is 9.47 Å². The van der Waals surface area contributed by atoms with Gasteiger partial charge in [-0.05, 0) is 65.7 Å². The van der Waals surface area contributed by atoms with Crippen LogP contribution in [0, 0.1) is 0 Å². The molecule has 1 rings (SSSR count). The average molecular weight is 394 g/mol. The summed E-state index contributed by atoms with van der Waals surface area (Å²) >= 11 is 0. The number of aliphatic hydroxyl groups excluding tert-OH is 1. The van der Waals surface area contributed by atoms with Crippen LogP contribution >= 0.6 is 0 Å². The van der Waals surface area contributed by atoms with Crippen LogP contribution in [0.1, 0.15) is 66.1 Å². The van der Waals surface area contributed by atoms with Crippen molar-refractivity contribution in [1.82, 2.24) is 5.32 Å². The summed E-state index contributed by atoms with van der Waals surface area (Å²) in [5, 5.41) is 22.1. The quantitative estimate of drug-likeness (QED) is 0.523. The third-order valence-corrected chi connectivity index (χ3v) is 3.20. The second-order valence-corrected chi connectivity index (χ2v) is 8.31. The molecular formula is C20H30N2O6. The number of amidine groups is 1. The number of nitrogens with one attached hydrogen (secondary N) is 1. The molecule has 0 aliphatic rings. The van der Waals surface area contributed by atoms with Gasteiger partial charge in [0.1, 0.15) is 22.8 Å². The van der Waals surface area contributed by atoms with Crippen LogP contribution in [-0.2, 0) is 9.47 Å². The number of hydrogen-bond donors (Lipinski definition) is 3. The lowest BCUT2D eigenvalue weighted by Crippen LogP contribution is -2.37. The third-order valence-electron chi connectivity index (χ3n) is 3.20. The van der Waals surface area contributed by atoms with Crippen molar-refractivity contribution in [3.05, 3.63) is 29.8 Å². The van der Waals surface area contributed by atoms with Gasteiger partial charge >= 0.3 is 12.2 Å². The first-order valence-electron chi connectivity index (χ1n) is 9.03. The second kappa shape index (κ2) is 9.54. The Morgan fingerprint density at radius 3 is 2.07 bits per heavy atom. The smallest absolute Gasteiger partial charge is 0.435 e. The minimum Gasteiger partial charge on any atom is -0.508 e. The lowest BCUT2D eigenvalue weighted by atomic mass is 10.0. The Balaban J connectivity index is 2.85. The molecule has 28 heavy (non-hydrogen) atoms.